The molecule has 14 heavy (non-hydrogen) atoms. The molecule has 0 aliphatic carbocycles. The smallest absolute Gasteiger partial charge is 0.195 e. The molecule has 0 saturated heterocycles. The Kier molecular flexibility index (Phi) is 3.73. The third-order valence-corrected chi connectivity index (χ3v) is 1.73. The molecule has 0 bridgehead atoms. The highest BCUT2D eigenvalue weighted by Gasteiger charge is 1.89. The Morgan fingerprint density at radius 3 is 2.50 bits per heavy atom. The summed E-state index contributed by atoms with van der Waals surface area (Å²) in [5.74, 6) is 0.497. The lowest BCUT2D eigenvalue weighted by molar-refractivity contribution is 0.614. The highest BCUT2D eigenvalue weighted by molar-refractivity contribution is 5.78. The monoisotopic (exact) mass is 189 g/mol. The number of nitrogens with two attached hydrogens (primary N) is 1. The van der Waals surface area contributed by atoms with E-state index < -0.39 is 0 Å². The zero-order valence-electron chi connectivity index (χ0n) is 8.51. The first-order valence-corrected chi connectivity index (χ1v) is 4.42. The van der Waals surface area contributed by atoms with Crippen molar-refractivity contribution < 1.29 is 0 Å². The molecule has 0 radical (unpaired) electrons. The summed E-state index contributed by atoms with van der Waals surface area (Å²) in [4.78, 5) is 5.82. The second kappa shape index (κ2) is 5.07. The Balaban J connectivity index is 2.62. The van der Waals surface area contributed by atoms with Crippen molar-refractivity contribution in [1.82, 2.24) is 4.90 Å². The average Bonchev–Trinajstić information content (AvgIpc) is 2.19. The van der Waals surface area contributed by atoms with Crippen LogP contribution in [-0.4, -0.2) is 25.0 Å². The molecular weight excluding hydrogens is 174 g/mol. The van der Waals surface area contributed by atoms with Crippen molar-refractivity contribution in [2.45, 2.75) is 0 Å². The van der Waals surface area contributed by atoms with Crippen LogP contribution in [0.5, 0.6) is 0 Å². The molecule has 0 amide bonds. The van der Waals surface area contributed by atoms with E-state index in [0.29, 0.717) is 5.96 Å². The predicted molar refractivity (Wildman–Crippen MR) is 60.8 cm³/mol. The van der Waals surface area contributed by atoms with Crippen LogP contribution in [0.25, 0.3) is 6.08 Å². The van der Waals surface area contributed by atoms with Gasteiger partial charge in [-0.25, -0.2) is 4.99 Å². The number of hydrogen-bond acceptors (Lipinski definition) is 1. The molecule has 1 aromatic rings. The normalized spacial score (nSPS) is 12.0. The number of aliphatic imine (C=N–C) groups is 1. The molecule has 0 heterocycles. The average molecular weight is 189 g/mol. The molecule has 3 heteroatoms. The highest BCUT2D eigenvalue weighted by atomic mass is 15.2. The molecule has 3 nitrogen and oxygen atoms in total. The Bertz CT molecular complexity index is 326. The zero-order chi connectivity index (χ0) is 10.4. The van der Waals surface area contributed by atoms with Crippen LogP contribution in [0, 0.1) is 0 Å². The van der Waals surface area contributed by atoms with Crippen LogP contribution in [0.2, 0.25) is 0 Å². The summed E-state index contributed by atoms with van der Waals surface area (Å²) in [7, 11) is 3.71. The van der Waals surface area contributed by atoms with Crippen LogP contribution in [0.1, 0.15) is 5.56 Å². The van der Waals surface area contributed by atoms with E-state index in [1.807, 2.05) is 50.5 Å². The van der Waals surface area contributed by atoms with Gasteiger partial charge in [-0.1, -0.05) is 30.3 Å². The van der Waals surface area contributed by atoms with Crippen molar-refractivity contribution in [2.24, 2.45) is 10.7 Å². The number of rotatable bonds is 2. The van der Waals surface area contributed by atoms with Crippen LogP contribution < -0.4 is 5.73 Å². The van der Waals surface area contributed by atoms with Crippen LogP contribution in [0.4, 0.5) is 0 Å². The van der Waals surface area contributed by atoms with Crippen molar-refractivity contribution in [3.8, 4) is 0 Å². The van der Waals surface area contributed by atoms with E-state index in [1.165, 1.54) is 0 Å². The third-order valence-electron chi connectivity index (χ3n) is 1.73. The summed E-state index contributed by atoms with van der Waals surface area (Å²) in [5.41, 5.74) is 6.72. The van der Waals surface area contributed by atoms with Gasteiger partial charge in [0.25, 0.3) is 0 Å². The maximum Gasteiger partial charge on any atom is 0.195 e. The van der Waals surface area contributed by atoms with E-state index in [1.54, 1.807) is 11.1 Å². The van der Waals surface area contributed by atoms with Gasteiger partial charge in [-0.3, -0.25) is 0 Å². The van der Waals surface area contributed by atoms with E-state index in [2.05, 4.69) is 4.99 Å². The fourth-order valence-electron chi connectivity index (χ4n) is 0.879. The number of benzene rings is 1. The van der Waals surface area contributed by atoms with Gasteiger partial charge in [-0.05, 0) is 11.6 Å². The molecule has 74 valence electrons. The minimum absolute atomic E-state index is 0.497. The van der Waals surface area contributed by atoms with Gasteiger partial charge < -0.3 is 10.6 Å². The van der Waals surface area contributed by atoms with Crippen molar-refractivity contribution in [1.29, 1.82) is 0 Å². The fraction of sp³-hybridized carbons (Fsp3) is 0.182. The highest BCUT2D eigenvalue weighted by Crippen LogP contribution is 2.00. The van der Waals surface area contributed by atoms with Crippen molar-refractivity contribution in [3.63, 3.8) is 0 Å². The van der Waals surface area contributed by atoms with Gasteiger partial charge in [0.2, 0.25) is 0 Å². The second-order valence-electron chi connectivity index (χ2n) is 3.11. The zero-order valence-corrected chi connectivity index (χ0v) is 8.51. The fourth-order valence-corrected chi connectivity index (χ4v) is 0.879. The molecule has 0 aliphatic rings. The van der Waals surface area contributed by atoms with Crippen molar-refractivity contribution in [3.05, 3.63) is 42.1 Å². The second-order valence-corrected chi connectivity index (χ2v) is 3.11. The summed E-state index contributed by atoms with van der Waals surface area (Å²) in [6.45, 7) is 0. The van der Waals surface area contributed by atoms with Crippen LogP contribution in [-0.2, 0) is 0 Å². The summed E-state index contributed by atoms with van der Waals surface area (Å²) < 4.78 is 0. The van der Waals surface area contributed by atoms with Gasteiger partial charge in [0, 0.05) is 20.3 Å². The van der Waals surface area contributed by atoms with Crippen molar-refractivity contribution >= 4 is 12.0 Å². The van der Waals surface area contributed by atoms with Gasteiger partial charge in [0.15, 0.2) is 5.96 Å². The SMILES string of the molecule is CN(C)C(N)=NC=Cc1ccccc1. The first-order chi connectivity index (χ1) is 6.70. The first kappa shape index (κ1) is 10.3. The molecule has 0 spiro atoms. The lowest BCUT2D eigenvalue weighted by Gasteiger charge is -2.08. The minimum Gasteiger partial charge on any atom is -0.370 e. The Hall–Kier alpha value is -1.77. The number of guanidine groups is 1. The first-order valence-electron chi connectivity index (χ1n) is 4.42. The van der Waals surface area contributed by atoms with E-state index in [-0.39, 0.29) is 0 Å². The predicted octanol–water partition coefficient (Wildman–Crippen LogP) is 1.53. The lowest BCUT2D eigenvalue weighted by atomic mass is 10.2. The Morgan fingerprint density at radius 1 is 1.29 bits per heavy atom. The quantitative estimate of drug-likeness (QED) is 0.566. The molecule has 0 fully saturated rings. The van der Waals surface area contributed by atoms with Crippen molar-refractivity contribution in [2.75, 3.05) is 14.1 Å². The lowest BCUT2D eigenvalue weighted by Crippen LogP contribution is -2.29. The van der Waals surface area contributed by atoms with E-state index in [4.69, 9.17) is 5.73 Å². The molecular formula is C11H15N3. The topological polar surface area (TPSA) is 41.6 Å². The van der Waals surface area contributed by atoms with Gasteiger partial charge in [-0.15, -0.1) is 0 Å². The standard InChI is InChI=1S/C11H15N3/c1-14(2)11(12)13-9-8-10-6-4-3-5-7-10/h3-9H,1-2H3,(H2,12,13). The molecule has 2 N–H and O–H groups in total. The molecule has 0 atom stereocenters. The molecule has 1 rings (SSSR count). The van der Waals surface area contributed by atoms with E-state index in [0.717, 1.165) is 5.56 Å². The van der Waals surface area contributed by atoms with Crippen LogP contribution >= 0.6 is 0 Å². The van der Waals surface area contributed by atoms with Gasteiger partial charge in [0.05, 0.1) is 0 Å². The largest absolute Gasteiger partial charge is 0.370 e. The molecule has 0 unspecified atom stereocenters. The summed E-state index contributed by atoms with van der Waals surface area (Å²) in [6, 6.07) is 9.97. The molecule has 0 saturated carbocycles. The van der Waals surface area contributed by atoms with Gasteiger partial charge in [0.1, 0.15) is 0 Å². The van der Waals surface area contributed by atoms with Gasteiger partial charge in [-0.2, -0.15) is 0 Å². The number of hydrogen-bond donors (Lipinski definition) is 1. The summed E-state index contributed by atoms with van der Waals surface area (Å²) >= 11 is 0. The van der Waals surface area contributed by atoms with Crippen LogP contribution in [0.3, 0.4) is 0 Å². The Labute approximate surface area is 84.6 Å². The molecule has 1 aromatic carbocycles. The molecule has 0 aromatic heterocycles. The Morgan fingerprint density at radius 2 is 1.93 bits per heavy atom. The van der Waals surface area contributed by atoms with E-state index in [9.17, 15) is 0 Å². The summed E-state index contributed by atoms with van der Waals surface area (Å²) in [5, 5.41) is 0. The minimum atomic E-state index is 0.497. The maximum atomic E-state index is 5.61. The van der Waals surface area contributed by atoms with Crippen LogP contribution in [0.15, 0.2) is 41.5 Å². The molecule has 0 aliphatic heterocycles. The third kappa shape index (κ3) is 3.31. The van der Waals surface area contributed by atoms with E-state index >= 15 is 0 Å². The maximum absolute atomic E-state index is 5.61. The summed E-state index contributed by atoms with van der Waals surface area (Å²) in [6.07, 6.45) is 3.61. The number of nitrogens with zero attached hydrogens (tertiary/aromatic N) is 2. The van der Waals surface area contributed by atoms with Gasteiger partial charge >= 0.3 is 0 Å².